The van der Waals surface area contributed by atoms with Crippen LogP contribution in [-0.4, -0.2) is 4.98 Å². The molecule has 70 valence electrons. The highest BCUT2D eigenvalue weighted by atomic mass is 16.4. The van der Waals surface area contributed by atoms with Crippen molar-refractivity contribution >= 4 is 16.6 Å². The van der Waals surface area contributed by atoms with Crippen LogP contribution in [0.5, 0.6) is 0 Å². The van der Waals surface area contributed by atoms with Gasteiger partial charge >= 0.3 is 5.63 Å². The largest absolute Gasteiger partial charge is 0.408 e. The van der Waals surface area contributed by atoms with Crippen LogP contribution in [0.2, 0.25) is 0 Å². The van der Waals surface area contributed by atoms with E-state index in [-0.39, 0.29) is 17.0 Å². The van der Waals surface area contributed by atoms with Crippen LogP contribution < -0.4 is 5.63 Å². The molecule has 2 aromatic rings. The third kappa shape index (κ3) is 1.19. The Balaban J connectivity index is 3.01. The van der Waals surface area contributed by atoms with Crippen LogP contribution in [0.3, 0.4) is 0 Å². The Hall–Kier alpha value is -2.04. The van der Waals surface area contributed by atoms with Gasteiger partial charge in [0.25, 0.3) is 0 Å². The zero-order chi connectivity index (χ0) is 10.1. The first-order valence-corrected chi connectivity index (χ1v) is 3.96. The highest BCUT2D eigenvalue weighted by Gasteiger charge is 2.08. The van der Waals surface area contributed by atoms with Crippen LogP contribution in [0.4, 0.5) is 5.69 Å². The Morgan fingerprint density at radius 1 is 1.43 bits per heavy atom. The predicted octanol–water partition coefficient (Wildman–Crippen LogP) is 1.89. The van der Waals surface area contributed by atoms with Crippen molar-refractivity contribution in [1.82, 2.24) is 4.98 Å². The SMILES string of the molecule is Cc1nc2cccc(N=O)c2c(=O)o1. The van der Waals surface area contributed by atoms with Crippen molar-refractivity contribution in [2.75, 3.05) is 0 Å². The smallest absolute Gasteiger partial charge is 0.349 e. The van der Waals surface area contributed by atoms with Crippen LogP contribution in [0, 0.1) is 11.8 Å². The van der Waals surface area contributed by atoms with E-state index in [9.17, 15) is 9.70 Å². The van der Waals surface area contributed by atoms with E-state index < -0.39 is 5.63 Å². The molecular weight excluding hydrogens is 184 g/mol. The van der Waals surface area contributed by atoms with E-state index in [0.29, 0.717) is 5.52 Å². The maximum Gasteiger partial charge on any atom is 0.349 e. The van der Waals surface area contributed by atoms with Gasteiger partial charge in [0, 0.05) is 6.92 Å². The predicted molar refractivity (Wildman–Crippen MR) is 50.5 cm³/mol. The zero-order valence-corrected chi connectivity index (χ0v) is 7.35. The summed E-state index contributed by atoms with van der Waals surface area (Å²) < 4.78 is 4.77. The lowest BCUT2D eigenvalue weighted by Gasteiger charge is -1.97. The van der Waals surface area contributed by atoms with Gasteiger partial charge in [0.15, 0.2) is 5.89 Å². The van der Waals surface area contributed by atoms with Crippen LogP contribution >= 0.6 is 0 Å². The fraction of sp³-hybridized carbons (Fsp3) is 0.111. The molecule has 0 fully saturated rings. The second-order valence-electron chi connectivity index (χ2n) is 2.78. The third-order valence-corrected chi connectivity index (χ3v) is 1.84. The number of aromatic nitrogens is 1. The lowest BCUT2D eigenvalue weighted by Crippen LogP contribution is -2.02. The minimum Gasteiger partial charge on any atom is -0.408 e. The van der Waals surface area contributed by atoms with Crippen LogP contribution in [0.25, 0.3) is 10.9 Å². The van der Waals surface area contributed by atoms with Crippen molar-refractivity contribution in [3.05, 3.63) is 39.4 Å². The van der Waals surface area contributed by atoms with E-state index in [4.69, 9.17) is 4.42 Å². The molecule has 0 atom stereocenters. The summed E-state index contributed by atoms with van der Waals surface area (Å²) in [6.07, 6.45) is 0. The number of rotatable bonds is 1. The summed E-state index contributed by atoms with van der Waals surface area (Å²) in [5, 5.41) is 2.87. The van der Waals surface area contributed by atoms with Crippen molar-refractivity contribution in [3.8, 4) is 0 Å². The Kier molecular flexibility index (Phi) is 1.85. The van der Waals surface area contributed by atoms with Gasteiger partial charge in [-0.25, -0.2) is 9.78 Å². The Morgan fingerprint density at radius 3 is 2.93 bits per heavy atom. The van der Waals surface area contributed by atoms with Crippen molar-refractivity contribution in [2.45, 2.75) is 6.92 Å². The molecule has 0 bridgehead atoms. The molecule has 2 rings (SSSR count). The molecule has 0 amide bonds. The van der Waals surface area contributed by atoms with Crippen LogP contribution in [0.15, 0.2) is 32.6 Å². The lowest BCUT2D eigenvalue weighted by atomic mass is 10.2. The molecule has 14 heavy (non-hydrogen) atoms. The summed E-state index contributed by atoms with van der Waals surface area (Å²) in [6, 6.07) is 4.70. The highest BCUT2D eigenvalue weighted by molar-refractivity contribution is 5.88. The average molecular weight is 190 g/mol. The quantitative estimate of drug-likeness (QED) is 0.643. The van der Waals surface area contributed by atoms with Gasteiger partial charge in [0.2, 0.25) is 0 Å². The molecular formula is C9H6N2O3. The molecule has 0 spiro atoms. The number of nitroso groups, excluding NO2 is 1. The molecule has 0 unspecified atom stereocenters. The minimum absolute atomic E-state index is 0.0590. The number of benzene rings is 1. The van der Waals surface area contributed by atoms with Gasteiger partial charge in [-0.2, -0.15) is 0 Å². The van der Waals surface area contributed by atoms with Gasteiger partial charge in [0.1, 0.15) is 11.1 Å². The normalized spacial score (nSPS) is 10.4. The van der Waals surface area contributed by atoms with Gasteiger partial charge < -0.3 is 4.42 Å². The molecule has 1 aromatic heterocycles. The molecule has 1 aromatic carbocycles. The van der Waals surface area contributed by atoms with Gasteiger partial charge in [0.05, 0.1) is 5.52 Å². The second kappa shape index (κ2) is 3.02. The molecule has 0 saturated heterocycles. The maximum atomic E-state index is 11.4. The Morgan fingerprint density at radius 2 is 2.21 bits per heavy atom. The van der Waals surface area contributed by atoms with E-state index in [1.54, 1.807) is 19.1 Å². The molecule has 0 aliphatic carbocycles. The first-order chi connectivity index (χ1) is 6.72. The van der Waals surface area contributed by atoms with Crippen molar-refractivity contribution in [3.63, 3.8) is 0 Å². The van der Waals surface area contributed by atoms with E-state index in [1.807, 2.05) is 0 Å². The third-order valence-electron chi connectivity index (χ3n) is 1.84. The molecule has 0 N–H and O–H groups in total. The molecule has 1 heterocycles. The summed E-state index contributed by atoms with van der Waals surface area (Å²) in [6.45, 7) is 1.57. The number of hydrogen-bond acceptors (Lipinski definition) is 5. The molecule has 0 saturated carbocycles. The Labute approximate surface area is 78.4 Å². The maximum absolute atomic E-state index is 11.4. The topological polar surface area (TPSA) is 72.5 Å². The molecule has 0 radical (unpaired) electrons. The summed E-state index contributed by atoms with van der Waals surface area (Å²) in [5.41, 5.74) is -0.0951. The number of fused-ring (bicyclic) bond motifs is 1. The molecule has 5 heteroatoms. The lowest BCUT2D eigenvalue weighted by molar-refractivity contribution is 0.467. The van der Waals surface area contributed by atoms with Crippen molar-refractivity contribution < 1.29 is 4.42 Å². The van der Waals surface area contributed by atoms with Gasteiger partial charge in [-0.1, -0.05) is 6.07 Å². The second-order valence-corrected chi connectivity index (χ2v) is 2.78. The van der Waals surface area contributed by atoms with Gasteiger partial charge in [-0.3, -0.25) is 0 Å². The van der Waals surface area contributed by atoms with E-state index in [0.717, 1.165) is 0 Å². The first-order valence-electron chi connectivity index (χ1n) is 3.96. The summed E-state index contributed by atoms with van der Waals surface area (Å²) in [5.74, 6) is 0.269. The number of aryl methyl sites for hydroxylation is 1. The van der Waals surface area contributed by atoms with Crippen LogP contribution in [0.1, 0.15) is 5.89 Å². The summed E-state index contributed by atoms with van der Waals surface area (Å²) in [4.78, 5) is 25.8. The molecule has 0 aliphatic rings. The molecule has 0 aliphatic heterocycles. The highest BCUT2D eigenvalue weighted by Crippen LogP contribution is 2.20. The van der Waals surface area contributed by atoms with Crippen molar-refractivity contribution in [2.24, 2.45) is 5.18 Å². The van der Waals surface area contributed by atoms with Crippen LogP contribution in [-0.2, 0) is 0 Å². The molecule has 5 nitrogen and oxygen atoms in total. The van der Waals surface area contributed by atoms with Gasteiger partial charge in [-0.05, 0) is 17.3 Å². The van der Waals surface area contributed by atoms with Crippen molar-refractivity contribution in [1.29, 1.82) is 0 Å². The summed E-state index contributed by atoms with van der Waals surface area (Å²) in [7, 11) is 0. The number of hydrogen-bond donors (Lipinski definition) is 0. The van der Waals surface area contributed by atoms with E-state index in [2.05, 4.69) is 10.2 Å². The summed E-state index contributed by atoms with van der Waals surface area (Å²) >= 11 is 0. The monoisotopic (exact) mass is 190 g/mol. The van der Waals surface area contributed by atoms with Gasteiger partial charge in [-0.15, -0.1) is 4.91 Å². The fourth-order valence-corrected chi connectivity index (χ4v) is 1.28. The minimum atomic E-state index is -0.581. The van der Waals surface area contributed by atoms with E-state index >= 15 is 0 Å². The zero-order valence-electron chi connectivity index (χ0n) is 7.35. The number of nitrogens with zero attached hydrogens (tertiary/aromatic N) is 2. The first kappa shape index (κ1) is 8.55. The average Bonchev–Trinajstić information content (AvgIpc) is 2.16. The Bertz CT molecular complexity index is 559. The fourth-order valence-electron chi connectivity index (χ4n) is 1.28. The van der Waals surface area contributed by atoms with E-state index in [1.165, 1.54) is 6.07 Å². The standard InChI is InChI=1S/C9H6N2O3/c1-5-10-6-3-2-4-7(11-13)8(6)9(12)14-5/h2-4H,1H3.